The van der Waals surface area contributed by atoms with Crippen LogP contribution in [-0.4, -0.2) is 27.8 Å². The molecule has 5 aromatic rings. The minimum Gasteiger partial charge on any atom is -0.341 e. The van der Waals surface area contributed by atoms with Crippen molar-refractivity contribution in [3.63, 3.8) is 0 Å². The molecule has 4 aromatic carbocycles. The van der Waals surface area contributed by atoms with Crippen molar-refractivity contribution in [2.45, 2.75) is 52.5 Å². The molecule has 0 spiro atoms. The normalized spacial score (nSPS) is 14.0. The fraction of sp³-hybridized carbons (Fsp3) is 0.243. The maximum Gasteiger partial charge on any atom is 0.365 e. The lowest BCUT2D eigenvalue weighted by atomic mass is 9.94. The van der Waals surface area contributed by atoms with Gasteiger partial charge in [0.25, 0.3) is 0 Å². The predicted molar refractivity (Wildman–Crippen MR) is 170 cm³/mol. The van der Waals surface area contributed by atoms with E-state index in [1.54, 1.807) is 24.3 Å². The van der Waals surface area contributed by atoms with Crippen LogP contribution in [0, 0.1) is 12.8 Å². The van der Waals surface area contributed by atoms with Crippen LogP contribution in [0.3, 0.4) is 0 Å². The molecule has 0 bridgehead atoms. The Labute approximate surface area is 251 Å². The van der Waals surface area contributed by atoms with E-state index in [2.05, 4.69) is 16.6 Å². The number of carbonyl (C=O) groups excluding carboxylic acids is 3. The number of Topliss-reactive ketones (excluding diaryl/α,β-unsaturated/α-hetero) is 1. The summed E-state index contributed by atoms with van der Waals surface area (Å²) in [5.74, 6) is -0.543. The summed E-state index contributed by atoms with van der Waals surface area (Å²) in [6.45, 7) is 4.76. The van der Waals surface area contributed by atoms with E-state index in [0.29, 0.717) is 34.6 Å². The van der Waals surface area contributed by atoms with Crippen LogP contribution >= 0.6 is 0 Å². The van der Waals surface area contributed by atoms with E-state index in [9.17, 15) is 14.4 Å². The number of aryl methyl sites for hydroxylation is 2. The van der Waals surface area contributed by atoms with Crippen molar-refractivity contribution in [3.05, 3.63) is 119 Å². The molecule has 0 aliphatic heterocycles. The number of hydrogen-bond acceptors (Lipinski definition) is 5. The highest BCUT2D eigenvalue weighted by Gasteiger charge is 2.25. The van der Waals surface area contributed by atoms with Gasteiger partial charge >= 0.3 is 5.97 Å². The van der Waals surface area contributed by atoms with Gasteiger partial charge in [-0.15, -0.1) is 0 Å². The molecule has 1 aromatic heterocycles. The van der Waals surface area contributed by atoms with E-state index in [1.165, 1.54) is 0 Å². The molecule has 1 fully saturated rings. The summed E-state index contributed by atoms with van der Waals surface area (Å²) < 4.78 is 2.19. The SMILES string of the molecule is CCn1c2ccc(C(=O)/C(CC3CCCC3)=N/OC(=O)c3ccccc3)cc2c2cc(C(=O)c3ccccc3C)ccc21. The summed E-state index contributed by atoms with van der Waals surface area (Å²) in [6.07, 6.45) is 4.77. The predicted octanol–water partition coefficient (Wildman–Crippen LogP) is 8.33. The highest BCUT2D eigenvalue weighted by Crippen LogP contribution is 2.33. The summed E-state index contributed by atoms with van der Waals surface area (Å²) >= 11 is 0. The molecule has 6 heteroatoms. The van der Waals surface area contributed by atoms with Gasteiger partial charge in [0.1, 0.15) is 5.71 Å². The van der Waals surface area contributed by atoms with Gasteiger partial charge in [-0.3, -0.25) is 9.59 Å². The monoisotopic (exact) mass is 570 g/mol. The number of oxime groups is 1. The molecule has 0 N–H and O–H groups in total. The number of rotatable bonds is 9. The molecule has 0 amide bonds. The van der Waals surface area contributed by atoms with E-state index in [-0.39, 0.29) is 17.3 Å². The molecule has 0 radical (unpaired) electrons. The second-order valence-electron chi connectivity index (χ2n) is 11.3. The van der Waals surface area contributed by atoms with Crippen LogP contribution in [-0.2, 0) is 11.4 Å². The zero-order chi connectivity index (χ0) is 29.9. The fourth-order valence-electron chi connectivity index (χ4n) is 6.26. The third-order valence-corrected chi connectivity index (χ3v) is 8.56. The maximum absolute atomic E-state index is 14.0. The number of benzene rings is 4. The molecular weight excluding hydrogens is 536 g/mol. The van der Waals surface area contributed by atoms with E-state index in [4.69, 9.17) is 4.84 Å². The lowest BCUT2D eigenvalue weighted by Crippen LogP contribution is -2.19. The zero-order valence-corrected chi connectivity index (χ0v) is 24.5. The summed E-state index contributed by atoms with van der Waals surface area (Å²) in [6, 6.07) is 27.7. The number of nitrogens with zero attached hydrogens (tertiary/aromatic N) is 2. The maximum atomic E-state index is 14.0. The first-order valence-electron chi connectivity index (χ1n) is 15.0. The van der Waals surface area contributed by atoms with Gasteiger partial charge in [-0.25, -0.2) is 4.79 Å². The fourth-order valence-corrected chi connectivity index (χ4v) is 6.26. The first kappa shape index (κ1) is 28.3. The standard InChI is InChI=1S/C37H34N2O4/c1-3-39-33-19-17-27(35(40)29-16-10-7-11-24(29)2)22-30(33)31-23-28(18-20-34(31)39)36(41)32(21-25-12-8-9-13-25)38-43-37(42)26-14-5-4-6-15-26/h4-7,10-11,14-20,22-23,25H,3,8-9,12-13,21H2,1-2H3/b38-32+. The number of aromatic nitrogens is 1. The van der Waals surface area contributed by atoms with Gasteiger partial charge in [-0.1, -0.05) is 73.3 Å². The Kier molecular flexibility index (Phi) is 8.01. The van der Waals surface area contributed by atoms with Gasteiger partial charge in [0.2, 0.25) is 5.78 Å². The summed E-state index contributed by atoms with van der Waals surface area (Å²) in [7, 11) is 0. The molecule has 1 saturated carbocycles. The second-order valence-corrected chi connectivity index (χ2v) is 11.3. The van der Waals surface area contributed by atoms with Gasteiger partial charge < -0.3 is 9.40 Å². The Morgan fingerprint density at radius 1 is 0.791 bits per heavy atom. The zero-order valence-electron chi connectivity index (χ0n) is 24.5. The Morgan fingerprint density at radius 3 is 2.09 bits per heavy atom. The van der Waals surface area contributed by atoms with Crippen molar-refractivity contribution in [2.75, 3.05) is 0 Å². The molecule has 1 aliphatic rings. The number of hydrogen-bond donors (Lipinski definition) is 0. The van der Waals surface area contributed by atoms with Crippen molar-refractivity contribution in [2.24, 2.45) is 11.1 Å². The minimum atomic E-state index is -0.593. The van der Waals surface area contributed by atoms with E-state index >= 15 is 0 Å². The van der Waals surface area contributed by atoms with E-state index in [0.717, 1.165) is 59.6 Å². The van der Waals surface area contributed by atoms with Gasteiger partial charge in [-0.2, -0.15) is 0 Å². The molecule has 6 nitrogen and oxygen atoms in total. The molecule has 6 rings (SSSR count). The molecule has 0 atom stereocenters. The van der Waals surface area contributed by atoms with Crippen molar-refractivity contribution in [3.8, 4) is 0 Å². The average molecular weight is 571 g/mol. The Hall–Kier alpha value is -4.84. The topological polar surface area (TPSA) is 77.7 Å². The van der Waals surface area contributed by atoms with E-state index < -0.39 is 5.97 Å². The molecule has 43 heavy (non-hydrogen) atoms. The van der Waals surface area contributed by atoms with Crippen molar-refractivity contribution < 1.29 is 19.2 Å². The number of ketones is 2. The summed E-state index contributed by atoms with van der Waals surface area (Å²) in [5.41, 5.74) is 5.30. The van der Waals surface area contributed by atoms with Crippen molar-refractivity contribution in [1.82, 2.24) is 4.57 Å². The van der Waals surface area contributed by atoms with E-state index in [1.807, 2.05) is 73.7 Å². The van der Waals surface area contributed by atoms with Gasteiger partial charge in [-0.05, 0) is 80.3 Å². The van der Waals surface area contributed by atoms with Crippen LogP contribution in [0.25, 0.3) is 21.8 Å². The lowest BCUT2D eigenvalue weighted by Gasteiger charge is -2.11. The molecule has 0 saturated heterocycles. The highest BCUT2D eigenvalue weighted by atomic mass is 16.7. The molecular formula is C37H34N2O4. The van der Waals surface area contributed by atoms with Gasteiger partial charge in [0.15, 0.2) is 5.78 Å². The number of carbonyl (C=O) groups is 3. The van der Waals surface area contributed by atoms with Crippen LogP contribution < -0.4 is 0 Å². The largest absolute Gasteiger partial charge is 0.365 e. The van der Waals surface area contributed by atoms with Crippen LogP contribution in [0.15, 0.2) is 96.2 Å². The first-order valence-corrected chi connectivity index (χ1v) is 15.0. The quantitative estimate of drug-likeness (QED) is 0.0772. The van der Waals surface area contributed by atoms with Crippen LogP contribution in [0.5, 0.6) is 0 Å². The molecule has 0 unspecified atom stereocenters. The van der Waals surface area contributed by atoms with Crippen molar-refractivity contribution in [1.29, 1.82) is 0 Å². The molecule has 216 valence electrons. The smallest absolute Gasteiger partial charge is 0.341 e. The molecule has 1 heterocycles. The Morgan fingerprint density at radius 2 is 1.42 bits per heavy atom. The van der Waals surface area contributed by atoms with Gasteiger partial charge in [0.05, 0.1) is 5.56 Å². The lowest BCUT2D eigenvalue weighted by molar-refractivity contribution is 0.0514. The third kappa shape index (κ3) is 5.65. The third-order valence-electron chi connectivity index (χ3n) is 8.56. The second kappa shape index (κ2) is 12.2. The minimum absolute atomic E-state index is 0.0316. The number of fused-ring (bicyclic) bond motifs is 3. The Bertz CT molecular complexity index is 1880. The summed E-state index contributed by atoms with van der Waals surface area (Å²) in [5, 5.41) is 5.96. The van der Waals surface area contributed by atoms with Crippen molar-refractivity contribution >= 4 is 45.1 Å². The van der Waals surface area contributed by atoms with Crippen LogP contribution in [0.1, 0.15) is 81.2 Å². The summed E-state index contributed by atoms with van der Waals surface area (Å²) in [4.78, 5) is 45.4. The highest BCUT2D eigenvalue weighted by molar-refractivity contribution is 6.46. The first-order chi connectivity index (χ1) is 20.9. The van der Waals surface area contributed by atoms with Crippen LogP contribution in [0.2, 0.25) is 0 Å². The molecule has 1 aliphatic carbocycles. The average Bonchev–Trinajstić information content (AvgIpc) is 3.67. The van der Waals surface area contributed by atoms with Crippen LogP contribution in [0.4, 0.5) is 0 Å². The Balaban J connectivity index is 1.39. The van der Waals surface area contributed by atoms with Gasteiger partial charge in [0, 0.05) is 45.0 Å².